The highest BCUT2D eigenvalue weighted by molar-refractivity contribution is 4.95. The molecule has 4 atom stereocenters. The lowest BCUT2D eigenvalue weighted by atomic mass is 9.82. The van der Waals surface area contributed by atoms with E-state index in [1.807, 2.05) is 0 Å². The molecule has 0 saturated carbocycles. The maximum Gasteiger partial charge on any atom is 0.0624 e. The van der Waals surface area contributed by atoms with Crippen LogP contribution in [0.4, 0.5) is 0 Å². The van der Waals surface area contributed by atoms with Gasteiger partial charge in [0.25, 0.3) is 0 Å². The summed E-state index contributed by atoms with van der Waals surface area (Å²) in [6, 6.07) is 0. The summed E-state index contributed by atoms with van der Waals surface area (Å²) in [5.41, 5.74) is 11.2. The minimum absolute atomic E-state index is 0.429. The largest absolute Gasteiger partial charge is 0.374 e. The van der Waals surface area contributed by atoms with Crippen molar-refractivity contribution in [3.05, 3.63) is 0 Å². The second kappa shape index (κ2) is 2.73. The number of rotatable bonds is 2. The molecule has 4 N–H and O–H groups in total. The topological polar surface area (TPSA) is 61.3 Å². The van der Waals surface area contributed by atoms with E-state index in [0.717, 1.165) is 25.9 Å². The summed E-state index contributed by atoms with van der Waals surface area (Å²) in [5.74, 6) is 1.23. The van der Waals surface area contributed by atoms with E-state index in [2.05, 4.69) is 0 Å². The Hall–Kier alpha value is -0.120. The highest BCUT2D eigenvalue weighted by atomic mass is 16.5. The van der Waals surface area contributed by atoms with Crippen molar-refractivity contribution in [1.29, 1.82) is 0 Å². The molecular weight excluding hydrogens is 140 g/mol. The monoisotopic (exact) mass is 156 g/mol. The number of fused-ring (bicyclic) bond motifs is 2. The molecule has 2 aliphatic rings. The first-order chi connectivity index (χ1) is 5.35. The highest BCUT2D eigenvalue weighted by Crippen LogP contribution is 2.41. The van der Waals surface area contributed by atoms with Crippen LogP contribution < -0.4 is 11.5 Å². The van der Waals surface area contributed by atoms with Crippen LogP contribution in [-0.4, -0.2) is 25.3 Å². The Morgan fingerprint density at radius 1 is 1.00 bits per heavy atom. The van der Waals surface area contributed by atoms with Crippen molar-refractivity contribution in [2.24, 2.45) is 23.3 Å². The van der Waals surface area contributed by atoms with Crippen LogP contribution >= 0.6 is 0 Å². The fourth-order valence-electron chi connectivity index (χ4n) is 2.34. The summed E-state index contributed by atoms with van der Waals surface area (Å²) >= 11 is 0. The third-order valence-corrected chi connectivity index (χ3v) is 3.08. The predicted molar refractivity (Wildman–Crippen MR) is 43.0 cm³/mol. The van der Waals surface area contributed by atoms with Crippen LogP contribution in [0.5, 0.6) is 0 Å². The molecule has 0 aliphatic carbocycles. The summed E-state index contributed by atoms with van der Waals surface area (Å²) in [5, 5.41) is 0. The minimum Gasteiger partial charge on any atom is -0.374 e. The van der Waals surface area contributed by atoms with Gasteiger partial charge in [-0.3, -0.25) is 0 Å². The molecule has 0 spiro atoms. The minimum atomic E-state index is 0.429. The summed E-state index contributed by atoms with van der Waals surface area (Å²) in [6.07, 6.45) is 3.14. The summed E-state index contributed by atoms with van der Waals surface area (Å²) in [6.45, 7) is 1.55. The van der Waals surface area contributed by atoms with Gasteiger partial charge >= 0.3 is 0 Å². The van der Waals surface area contributed by atoms with Crippen LogP contribution in [0.25, 0.3) is 0 Å². The maximum absolute atomic E-state index is 5.72. The Bertz CT molecular complexity index is 135. The molecule has 3 heteroatoms. The normalized spacial score (nSPS) is 48.5. The van der Waals surface area contributed by atoms with Gasteiger partial charge in [0.2, 0.25) is 0 Å². The van der Waals surface area contributed by atoms with Gasteiger partial charge in [-0.05, 0) is 37.8 Å². The molecule has 2 heterocycles. The first-order valence-corrected chi connectivity index (χ1v) is 4.40. The Kier molecular flexibility index (Phi) is 1.87. The van der Waals surface area contributed by atoms with Gasteiger partial charge in [-0.2, -0.15) is 0 Å². The van der Waals surface area contributed by atoms with E-state index in [1.54, 1.807) is 0 Å². The zero-order valence-electron chi connectivity index (χ0n) is 6.70. The molecule has 0 aromatic heterocycles. The highest BCUT2D eigenvalue weighted by Gasteiger charge is 2.45. The van der Waals surface area contributed by atoms with E-state index in [-0.39, 0.29) is 0 Å². The first kappa shape index (κ1) is 7.53. The van der Waals surface area contributed by atoms with Crippen molar-refractivity contribution in [3.63, 3.8) is 0 Å². The van der Waals surface area contributed by atoms with Gasteiger partial charge < -0.3 is 16.2 Å². The van der Waals surface area contributed by atoms with Crippen LogP contribution in [-0.2, 0) is 4.74 Å². The van der Waals surface area contributed by atoms with Crippen molar-refractivity contribution in [2.45, 2.75) is 25.0 Å². The summed E-state index contributed by atoms with van der Waals surface area (Å²) < 4.78 is 5.72. The quantitative estimate of drug-likeness (QED) is 0.577. The van der Waals surface area contributed by atoms with Crippen LogP contribution in [0.1, 0.15) is 12.8 Å². The average molecular weight is 156 g/mol. The second-order valence-electron chi connectivity index (χ2n) is 3.68. The molecule has 0 radical (unpaired) electrons. The summed E-state index contributed by atoms with van der Waals surface area (Å²) in [4.78, 5) is 0. The molecule has 2 aliphatic heterocycles. The van der Waals surface area contributed by atoms with Gasteiger partial charge in [-0.25, -0.2) is 0 Å². The number of hydrogen-bond acceptors (Lipinski definition) is 3. The molecule has 0 amide bonds. The molecule has 0 aromatic carbocycles. The second-order valence-corrected chi connectivity index (χ2v) is 3.68. The molecule has 2 rings (SSSR count). The van der Waals surface area contributed by atoms with Crippen molar-refractivity contribution in [3.8, 4) is 0 Å². The van der Waals surface area contributed by atoms with Crippen molar-refractivity contribution >= 4 is 0 Å². The lowest BCUT2D eigenvalue weighted by molar-refractivity contribution is 0.0859. The Balaban J connectivity index is 1.97. The van der Waals surface area contributed by atoms with Gasteiger partial charge in [-0.15, -0.1) is 0 Å². The van der Waals surface area contributed by atoms with E-state index < -0.39 is 0 Å². The zero-order chi connectivity index (χ0) is 7.84. The molecule has 3 nitrogen and oxygen atoms in total. The van der Waals surface area contributed by atoms with E-state index >= 15 is 0 Å². The van der Waals surface area contributed by atoms with Gasteiger partial charge in [-0.1, -0.05) is 0 Å². The molecule has 2 saturated heterocycles. The SMILES string of the molecule is NCC1CC2OC1CC2CN. The molecule has 2 fully saturated rings. The maximum atomic E-state index is 5.72. The van der Waals surface area contributed by atoms with Gasteiger partial charge in [0.15, 0.2) is 0 Å². The Morgan fingerprint density at radius 3 is 1.73 bits per heavy atom. The molecule has 64 valence electrons. The van der Waals surface area contributed by atoms with Gasteiger partial charge in [0.1, 0.15) is 0 Å². The summed E-state index contributed by atoms with van der Waals surface area (Å²) in [7, 11) is 0. The third-order valence-electron chi connectivity index (χ3n) is 3.08. The van der Waals surface area contributed by atoms with Crippen molar-refractivity contribution < 1.29 is 4.74 Å². The van der Waals surface area contributed by atoms with Crippen LogP contribution in [0.2, 0.25) is 0 Å². The van der Waals surface area contributed by atoms with Gasteiger partial charge in [0.05, 0.1) is 12.2 Å². The van der Waals surface area contributed by atoms with E-state index in [1.165, 1.54) is 0 Å². The number of nitrogens with two attached hydrogens (primary N) is 2. The number of hydrogen-bond donors (Lipinski definition) is 2. The van der Waals surface area contributed by atoms with Crippen LogP contribution in [0.3, 0.4) is 0 Å². The molecule has 2 bridgehead atoms. The Morgan fingerprint density at radius 2 is 1.45 bits per heavy atom. The number of ether oxygens (including phenoxy) is 1. The predicted octanol–water partition coefficient (Wildman–Crippen LogP) is -0.303. The van der Waals surface area contributed by atoms with Crippen molar-refractivity contribution in [2.75, 3.05) is 13.1 Å². The van der Waals surface area contributed by atoms with E-state index in [9.17, 15) is 0 Å². The van der Waals surface area contributed by atoms with Gasteiger partial charge in [0, 0.05) is 0 Å². The fourth-order valence-corrected chi connectivity index (χ4v) is 2.34. The Labute approximate surface area is 67.1 Å². The lowest BCUT2D eigenvalue weighted by Crippen LogP contribution is -2.31. The molecular formula is C8H16N2O. The van der Waals surface area contributed by atoms with Crippen LogP contribution in [0.15, 0.2) is 0 Å². The lowest BCUT2D eigenvalue weighted by Gasteiger charge is -2.21. The third kappa shape index (κ3) is 1.08. The van der Waals surface area contributed by atoms with E-state index in [4.69, 9.17) is 16.2 Å². The molecule has 4 unspecified atom stereocenters. The zero-order valence-corrected chi connectivity index (χ0v) is 6.70. The standard InChI is InChI=1S/C8H16N2O/c9-3-5-1-7-6(4-10)2-8(5)11-7/h5-8H,1-4,9-10H2. The van der Waals surface area contributed by atoms with Crippen LogP contribution in [0, 0.1) is 11.8 Å². The molecule has 11 heavy (non-hydrogen) atoms. The fraction of sp³-hybridized carbons (Fsp3) is 1.00. The average Bonchev–Trinajstić information content (AvgIpc) is 2.60. The first-order valence-electron chi connectivity index (χ1n) is 4.40. The van der Waals surface area contributed by atoms with E-state index in [0.29, 0.717) is 24.0 Å². The smallest absolute Gasteiger partial charge is 0.0624 e. The molecule has 0 aromatic rings. The van der Waals surface area contributed by atoms with Crippen molar-refractivity contribution in [1.82, 2.24) is 0 Å².